The van der Waals surface area contributed by atoms with E-state index in [9.17, 15) is 13.2 Å². The first kappa shape index (κ1) is 18.0. The summed E-state index contributed by atoms with van der Waals surface area (Å²) in [6, 6.07) is 0.831. The number of thioether (sulfide) groups is 1. The molecule has 0 saturated heterocycles. The van der Waals surface area contributed by atoms with Gasteiger partial charge in [0, 0.05) is 12.6 Å². The minimum absolute atomic E-state index is 0.118. The molecule has 6 nitrogen and oxygen atoms in total. The summed E-state index contributed by atoms with van der Waals surface area (Å²) in [4.78, 5) is 4.24. The van der Waals surface area contributed by atoms with Gasteiger partial charge in [-0.2, -0.15) is 18.2 Å². The van der Waals surface area contributed by atoms with Crippen LogP contribution in [0.5, 0.6) is 0 Å². The normalized spacial score (nSPS) is 12.4. The number of alkyl halides is 3. The van der Waals surface area contributed by atoms with Crippen molar-refractivity contribution in [1.82, 2.24) is 24.7 Å². The van der Waals surface area contributed by atoms with Gasteiger partial charge in [0.1, 0.15) is 0 Å². The third kappa shape index (κ3) is 4.06. The van der Waals surface area contributed by atoms with Crippen LogP contribution in [0.25, 0.3) is 5.65 Å². The monoisotopic (exact) mass is 391 g/mol. The van der Waals surface area contributed by atoms with Crippen LogP contribution in [0, 0.1) is 5.92 Å². The molecule has 3 heterocycles. The van der Waals surface area contributed by atoms with Gasteiger partial charge in [0.15, 0.2) is 16.6 Å². The van der Waals surface area contributed by atoms with Crippen LogP contribution in [-0.2, 0) is 18.3 Å². The Morgan fingerprint density at radius 3 is 2.76 bits per heavy atom. The van der Waals surface area contributed by atoms with E-state index in [1.807, 2.05) is 13.8 Å². The van der Waals surface area contributed by atoms with Crippen LogP contribution in [0.2, 0.25) is 5.02 Å². The standard InChI is InChI=1S/C14H13ClF3N5OS/c1-7(2)3-11-19-10(22-24-11)6-25-13-21-20-12-9(15)4-8(5-23(12)13)14(16,17)18/h4-5,7H,3,6H2,1-2H3. The van der Waals surface area contributed by atoms with Crippen LogP contribution in [0.1, 0.15) is 31.1 Å². The van der Waals surface area contributed by atoms with Crippen molar-refractivity contribution < 1.29 is 17.7 Å². The topological polar surface area (TPSA) is 69.1 Å². The molecule has 0 unspecified atom stereocenters. The maximum absolute atomic E-state index is 12.9. The van der Waals surface area contributed by atoms with Gasteiger partial charge in [-0.25, -0.2) is 0 Å². The fraction of sp³-hybridized carbons (Fsp3) is 0.429. The Bertz CT molecular complexity index is 892. The molecule has 3 aromatic rings. The summed E-state index contributed by atoms with van der Waals surface area (Å²) in [5, 5.41) is 11.7. The molecule has 0 fully saturated rings. The second-order valence-corrected chi connectivity index (χ2v) is 7.09. The Morgan fingerprint density at radius 2 is 2.08 bits per heavy atom. The quantitative estimate of drug-likeness (QED) is 0.605. The van der Waals surface area contributed by atoms with E-state index in [4.69, 9.17) is 16.1 Å². The highest BCUT2D eigenvalue weighted by Gasteiger charge is 2.32. The van der Waals surface area contributed by atoms with E-state index in [-0.39, 0.29) is 21.6 Å². The van der Waals surface area contributed by atoms with Gasteiger partial charge >= 0.3 is 6.18 Å². The molecule has 0 amide bonds. The average Bonchev–Trinajstić information content (AvgIpc) is 3.10. The first-order chi connectivity index (χ1) is 11.7. The summed E-state index contributed by atoms with van der Waals surface area (Å²) < 4.78 is 45.2. The average molecular weight is 392 g/mol. The lowest BCUT2D eigenvalue weighted by molar-refractivity contribution is -0.137. The number of hydrogen-bond donors (Lipinski definition) is 0. The van der Waals surface area contributed by atoms with Gasteiger partial charge in [-0.15, -0.1) is 10.2 Å². The molecule has 3 aromatic heterocycles. The smallest absolute Gasteiger partial charge is 0.339 e. The highest BCUT2D eigenvalue weighted by atomic mass is 35.5. The van der Waals surface area contributed by atoms with Crippen molar-refractivity contribution in [3.05, 3.63) is 34.6 Å². The number of fused-ring (bicyclic) bond motifs is 1. The van der Waals surface area contributed by atoms with E-state index in [1.165, 1.54) is 4.40 Å². The number of aromatic nitrogens is 5. The van der Waals surface area contributed by atoms with E-state index in [2.05, 4.69) is 20.3 Å². The highest BCUT2D eigenvalue weighted by molar-refractivity contribution is 7.98. The van der Waals surface area contributed by atoms with Crippen molar-refractivity contribution in [1.29, 1.82) is 0 Å². The predicted molar refractivity (Wildman–Crippen MR) is 85.4 cm³/mol. The first-order valence-electron chi connectivity index (χ1n) is 7.29. The molecule has 3 rings (SSSR count). The van der Waals surface area contributed by atoms with Crippen molar-refractivity contribution in [2.24, 2.45) is 5.92 Å². The Labute approximate surface area is 149 Å². The van der Waals surface area contributed by atoms with Gasteiger partial charge in [0.25, 0.3) is 0 Å². The van der Waals surface area contributed by atoms with Gasteiger partial charge in [-0.3, -0.25) is 4.40 Å². The first-order valence-corrected chi connectivity index (χ1v) is 8.66. The molecular weight excluding hydrogens is 379 g/mol. The molecule has 0 aliphatic heterocycles. The van der Waals surface area contributed by atoms with Crippen molar-refractivity contribution in [2.45, 2.75) is 37.4 Å². The van der Waals surface area contributed by atoms with Gasteiger partial charge in [0.2, 0.25) is 5.89 Å². The zero-order chi connectivity index (χ0) is 18.2. The van der Waals surface area contributed by atoms with Crippen LogP contribution in [0.4, 0.5) is 13.2 Å². The van der Waals surface area contributed by atoms with Crippen molar-refractivity contribution in [3.63, 3.8) is 0 Å². The molecule has 0 saturated carbocycles. The lowest BCUT2D eigenvalue weighted by atomic mass is 10.1. The summed E-state index contributed by atoms with van der Waals surface area (Å²) in [5.74, 6) is 1.63. The number of halogens is 4. The SMILES string of the molecule is CC(C)Cc1nc(CSc2nnc3c(Cl)cc(C(F)(F)F)cn23)no1. The summed E-state index contributed by atoms with van der Waals surface area (Å²) in [5.41, 5.74) is -0.712. The number of nitrogens with zero attached hydrogens (tertiary/aromatic N) is 5. The predicted octanol–water partition coefficient (Wildman–Crippen LogP) is 4.28. The van der Waals surface area contributed by atoms with Crippen LogP contribution < -0.4 is 0 Å². The second kappa shape index (κ2) is 6.83. The fourth-order valence-corrected chi connectivity index (χ4v) is 3.10. The van der Waals surface area contributed by atoms with Gasteiger partial charge in [-0.05, 0) is 12.0 Å². The highest BCUT2D eigenvalue weighted by Crippen LogP contribution is 2.33. The van der Waals surface area contributed by atoms with Crippen LogP contribution in [-0.4, -0.2) is 24.7 Å². The minimum atomic E-state index is -4.51. The van der Waals surface area contributed by atoms with E-state index in [0.717, 1.165) is 24.0 Å². The zero-order valence-corrected chi connectivity index (χ0v) is 14.8. The number of pyridine rings is 1. The zero-order valence-electron chi connectivity index (χ0n) is 13.2. The van der Waals surface area contributed by atoms with Gasteiger partial charge in [0.05, 0.1) is 16.3 Å². The summed E-state index contributed by atoms with van der Waals surface area (Å²) in [6.45, 7) is 4.06. The molecule has 0 atom stereocenters. The Balaban J connectivity index is 1.82. The molecule has 0 aromatic carbocycles. The molecule has 0 aliphatic carbocycles. The molecule has 0 bridgehead atoms. The Hall–Kier alpha value is -1.81. The molecule has 11 heteroatoms. The Kier molecular flexibility index (Phi) is 4.92. The molecule has 0 radical (unpaired) electrons. The molecule has 134 valence electrons. The largest absolute Gasteiger partial charge is 0.417 e. The van der Waals surface area contributed by atoms with Crippen LogP contribution in [0.15, 0.2) is 21.9 Å². The van der Waals surface area contributed by atoms with E-state index >= 15 is 0 Å². The van der Waals surface area contributed by atoms with Crippen LogP contribution >= 0.6 is 23.4 Å². The van der Waals surface area contributed by atoms with E-state index in [0.29, 0.717) is 24.1 Å². The maximum atomic E-state index is 12.9. The van der Waals surface area contributed by atoms with Crippen molar-refractivity contribution in [3.8, 4) is 0 Å². The summed E-state index contributed by atoms with van der Waals surface area (Å²) >= 11 is 7.03. The lowest BCUT2D eigenvalue weighted by Crippen LogP contribution is -2.07. The third-order valence-electron chi connectivity index (χ3n) is 3.18. The lowest BCUT2D eigenvalue weighted by Gasteiger charge is -2.08. The molecule has 0 N–H and O–H groups in total. The maximum Gasteiger partial charge on any atom is 0.417 e. The summed E-state index contributed by atoms with van der Waals surface area (Å²) in [7, 11) is 0. The van der Waals surface area contributed by atoms with Crippen molar-refractivity contribution in [2.75, 3.05) is 0 Å². The molecule has 0 aliphatic rings. The number of hydrogen-bond acceptors (Lipinski definition) is 6. The molecule has 25 heavy (non-hydrogen) atoms. The van der Waals surface area contributed by atoms with Crippen LogP contribution in [0.3, 0.4) is 0 Å². The molecular formula is C14H13ClF3N5OS. The Morgan fingerprint density at radius 1 is 1.32 bits per heavy atom. The molecule has 0 spiro atoms. The van der Waals surface area contributed by atoms with E-state index in [1.54, 1.807) is 0 Å². The minimum Gasteiger partial charge on any atom is -0.339 e. The second-order valence-electron chi connectivity index (χ2n) is 5.74. The fourth-order valence-electron chi connectivity index (χ4n) is 2.10. The third-order valence-corrected chi connectivity index (χ3v) is 4.40. The van der Waals surface area contributed by atoms with Gasteiger partial charge < -0.3 is 4.52 Å². The van der Waals surface area contributed by atoms with Gasteiger partial charge in [-0.1, -0.05) is 42.4 Å². The van der Waals surface area contributed by atoms with Crippen molar-refractivity contribution >= 4 is 29.0 Å². The van der Waals surface area contributed by atoms with E-state index < -0.39 is 11.7 Å². The number of rotatable bonds is 5. The summed E-state index contributed by atoms with van der Waals surface area (Å²) in [6.07, 6.45) is -2.93.